The predicted molar refractivity (Wildman–Crippen MR) is 66.1 cm³/mol. The fourth-order valence-electron chi connectivity index (χ4n) is 1.40. The van der Waals surface area contributed by atoms with Crippen LogP contribution < -0.4 is 5.32 Å². The maximum atomic E-state index is 11.8. The van der Waals surface area contributed by atoms with E-state index in [0.717, 1.165) is 10.7 Å². The molecule has 1 heterocycles. The summed E-state index contributed by atoms with van der Waals surface area (Å²) in [7, 11) is 0. The van der Waals surface area contributed by atoms with Gasteiger partial charge >= 0.3 is 0 Å². The number of aromatic nitrogens is 1. The molecule has 5 heteroatoms. The molecule has 2 aromatic rings. The number of phenolic OH excluding ortho intramolecular Hbond substituents is 1. The molecule has 1 aromatic heterocycles. The van der Waals surface area contributed by atoms with Gasteiger partial charge in [0.15, 0.2) is 0 Å². The molecule has 0 aliphatic carbocycles. The van der Waals surface area contributed by atoms with Crippen LogP contribution in [0.15, 0.2) is 29.6 Å². The van der Waals surface area contributed by atoms with E-state index < -0.39 is 0 Å². The molecule has 0 atom stereocenters. The number of para-hydroxylation sites is 1. The first-order valence-corrected chi connectivity index (χ1v) is 6.02. The molecule has 0 saturated heterocycles. The highest BCUT2D eigenvalue weighted by atomic mass is 32.1. The number of thiazole rings is 1. The van der Waals surface area contributed by atoms with Gasteiger partial charge in [0.25, 0.3) is 5.91 Å². The van der Waals surface area contributed by atoms with Crippen molar-refractivity contribution in [2.75, 3.05) is 0 Å². The summed E-state index contributed by atoms with van der Waals surface area (Å²) in [6.07, 6.45) is 0. The Kier molecular flexibility index (Phi) is 3.39. The van der Waals surface area contributed by atoms with Crippen LogP contribution in [0.25, 0.3) is 0 Å². The highest BCUT2D eigenvalue weighted by Crippen LogP contribution is 2.15. The smallest absolute Gasteiger partial charge is 0.255 e. The van der Waals surface area contributed by atoms with Crippen molar-refractivity contribution < 1.29 is 9.90 Å². The van der Waals surface area contributed by atoms with Gasteiger partial charge < -0.3 is 10.4 Å². The summed E-state index contributed by atoms with van der Waals surface area (Å²) >= 11 is 1.50. The van der Waals surface area contributed by atoms with Crippen LogP contribution in [0, 0.1) is 6.92 Å². The largest absolute Gasteiger partial charge is 0.507 e. The molecular formula is C12H12N2O2S. The second kappa shape index (κ2) is 4.97. The number of aryl methyl sites for hydroxylation is 1. The van der Waals surface area contributed by atoms with Crippen LogP contribution in [-0.2, 0) is 6.54 Å². The third kappa shape index (κ3) is 2.82. The lowest BCUT2D eigenvalue weighted by atomic mass is 10.2. The first kappa shape index (κ1) is 11.6. The number of phenols is 1. The van der Waals surface area contributed by atoms with Crippen molar-refractivity contribution in [2.24, 2.45) is 0 Å². The summed E-state index contributed by atoms with van der Waals surface area (Å²) in [6.45, 7) is 2.29. The molecule has 2 rings (SSSR count). The Morgan fingerprint density at radius 3 is 2.88 bits per heavy atom. The Morgan fingerprint density at radius 1 is 1.47 bits per heavy atom. The molecule has 0 spiro atoms. The normalized spacial score (nSPS) is 10.2. The van der Waals surface area contributed by atoms with E-state index in [2.05, 4.69) is 10.3 Å². The van der Waals surface area contributed by atoms with E-state index >= 15 is 0 Å². The third-order valence-electron chi connectivity index (χ3n) is 2.22. The Balaban J connectivity index is 2.01. The third-order valence-corrected chi connectivity index (χ3v) is 3.18. The average Bonchev–Trinajstić information content (AvgIpc) is 2.73. The van der Waals surface area contributed by atoms with Crippen LogP contribution >= 0.6 is 11.3 Å². The molecule has 1 aromatic carbocycles. The van der Waals surface area contributed by atoms with Gasteiger partial charge in [0.05, 0.1) is 12.1 Å². The van der Waals surface area contributed by atoms with Crippen LogP contribution in [0.1, 0.15) is 21.1 Å². The number of rotatable bonds is 3. The SMILES string of the molecule is Cc1csc(CNC(=O)c2ccccc2O)n1. The Hall–Kier alpha value is -1.88. The van der Waals surface area contributed by atoms with Gasteiger partial charge in [0, 0.05) is 11.1 Å². The molecule has 0 saturated carbocycles. The van der Waals surface area contributed by atoms with E-state index in [4.69, 9.17) is 0 Å². The van der Waals surface area contributed by atoms with E-state index in [1.54, 1.807) is 18.2 Å². The van der Waals surface area contributed by atoms with E-state index in [9.17, 15) is 9.90 Å². The number of carbonyl (C=O) groups is 1. The van der Waals surface area contributed by atoms with Crippen molar-refractivity contribution in [2.45, 2.75) is 13.5 Å². The molecule has 0 aliphatic heterocycles. The molecule has 0 aliphatic rings. The van der Waals surface area contributed by atoms with E-state index in [1.807, 2.05) is 12.3 Å². The topological polar surface area (TPSA) is 62.2 Å². The first-order chi connectivity index (χ1) is 8.16. The number of hydrogen-bond donors (Lipinski definition) is 2. The average molecular weight is 248 g/mol. The van der Waals surface area contributed by atoms with Gasteiger partial charge in [-0.3, -0.25) is 4.79 Å². The van der Waals surface area contributed by atoms with Gasteiger partial charge in [0.2, 0.25) is 0 Å². The monoisotopic (exact) mass is 248 g/mol. The summed E-state index contributed by atoms with van der Waals surface area (Å²) in [6, 6.07) is 6.46. The number of nitrogens with zero attached hydrogens (tertiary/aromatic N) is 1. The van der Waals surface area contributed by atoms with E-state index in [-0.39, 0.29) is 17.2 Å². The van der Waals surface area contributed by atoms with Gasteiger partial charge in [-0.05, 0) is 19.1 Å². The fourth-order valence-corrected chi connectivity index (χ4v) is 2.11. The second-order valence-electron chi connectivity index (χ2n) is 3.58. The van der Waals surface area contributed by atoms with Crippen molar-refractivity contribution in [1.29, 1.82) is 0 Å². The molecular weight excluding hydrogens is 236 g/mol. The van der Waals surface area contributed by atoms with Crippen molar-refractivity contribution in [3.8, 4) is 5.75 Å². The minimum atomic E-state index is -0.295. The maximum absolute atomic E-state index is 11.8. The van der Waals surface area contributed by atoms with Gasteiger partial charge in [-0.15, -0.1) is 11.3 Å². The predicted octanol–water partition coefficient (Wildman–Crippen LogP) is 2.09. The summed E-state index contributed by atoms with van der Waals surface area (Å²) in [5.41, 5.74) is 1.22. The zero-order chi connectivity index (χ0) is 12.3. The molecule has 1 amide bonds. The highest BCUT2D eigenvalue weighted by Gasteiger charge is 2.10. The zero-order valence-electron chi connectivity index (χ0n) is 9.30. The molecule has 17 heavy (non-hydrogen) atoms. The highest BCUT2D eigenvalue weighted by molar-refractivity contribution is 7.09. The van der Waals surface area contributed by atoms with Crippen molar-refractivity contribution in [3.05, 3.63) is 45.9 Å². The molecule has 0 radical (unpaired) electrons. The lowest BCUT2D eigenvalue weighted by Gasteiger charge is -2.04. The van der Waals surface area contributed by atoms with Gasteiger partial charge in [-0.1, -0.05) is 12.1 Å². The van der Waals surface area contributed by atoms with Gasteiger partial charge in [0.1, 0.15) is 10.8 Å². The molecule has 4 nitrogen and oxygen atoms in total. The molecule has 0 bridgehead atoms. The number of nitrogens with one attached hydrogen (secondary N) is 1. The standard InChI is InChI=1S/C12H12N2O2S/c1-8-7-17-11(14-8)6-13-12(16)9-4-2-3-5-10(9)15/h2-5,7,15H,6H2,1H3,(H,13,16). The summed E-state index contributed by atoms with van der Waals surface area (Å²) in [5, 5.41) is 15.0. The summed E-state index contributed by atoms with van der Waals surface area (Å²) < 4.78 is 0. The zero-order valence-corrected chi connectivity index (χ0v) is 10.1. The maximum Gasteiger partial charge on any atom is 0.255 e. The van der Waals surface area contributed by atoms with Crippen molar-refractivity contribution >= 4 is 17.2 Å². The van der Waals surface area contributed by atoms with Crippen LogP contribution in [0.4, 0.5) is 0 Å². The lowest BCUT2D eigenvalue weighted by molar-refractivity contribution is 0.0948. The fraction of sp³-hybridized carbons (Fsp3) is 0.167. The lowest BCUT2D eigenvalue weighted by Crippen LogP contribution is -2.22. The number of carbonyl (C=O) groups excluding carboxylic acids is 1. The Labute approximate surface area is 103 Å². The molecule has 0 unspecified atom stereocenters. The van der Waals surface area contributed by atoms with E-state index in [0.29, 0.717) is 6.54 Å². The number of aromatic hydroxyl groups is 1. The van der Waals surface area contributed by atoms with Crippen molar-refractivity contribution in [1.82, 2.24) is 10.3 Å². The quantitative estimate of drug-likeness (QED) is 0.874. The number of amides is 1. The Morgan fingerprint density at radius 2 is 2.24 bits per heavy atom. The van der Waals surface area contributed by atoms with E-state index in [1.165, 1.54) is 17.4 Å². The minimum absolute atomic E-state index is 0.0136. The molecule has 88 valence electrons. The summed E-state index contributed by atoms with van der Waals surface area (Å²) in [4.78, 5) is 16.0. The van der Waals surface area contributed by atoms with Crippen molar-refractivity contribution in [3.63, 3.8) is 0 Å². The molecule has 0 fully saturated rings. The van der Waals surface area contributed by atoms with Crippen LogP contribution in [0.3, 0.4) is 0 Å². The number of benzene rings is 1. The molecule has 2 N–H and O–H groups in total. The first-order valence-electron chi connectivity index (χ1n) is 5.14. The van der Waals surface area contributed by atoms with Crippen LogP contribution in [0.5, 0.6) is 5.75 Å². The summed E-state index contributed by atoms with van der Waals surface area (Å²) in [5.74, 6) is -0.309. The number of hydrogen-bond acceptors (Lipinski definition) is 4. The van der Waals surface area contributed by atoms with Gasteiger partial charge in [-0.2, -0.15) is 0 Å². The van der Waals surface area contributed by atoms with Crippen LogP contribution in [0.2, 0.25) is 0 Å². The van der Waals surface area contributed by atoms with Crippen LogP contribution in [-0.4, -0.2) is 16.0 Å². The second-order valence-corrected chi connectivity index (χ2v) is 4.53. The minimum Gasteiger partial charge on any atom is -0.507 e. The Bertz CT molecular complexity index is 537. The van der Waals surface area contributed by atoms with Gasteiger partial charge in [-0.25, -0.2) is 4.98 Å².